The molecule has 10 heteroatoms. The highest BCUT2D eigenvalue weighted by Gasteiger charge is 2.22. The number of hydrogen-bond acceptors (Lipinski definition) is 5. The van der Waals surface area contributed by atoms with E-state index in [0.717, 1.165) is 24.5 Å². The van der Waals surface area contributed by atoms with E-state index in [1.165, 1.54) is 19.2 Å². The van der Waals surface area contributed by atoms with E-state index in [1.807, 2.05) is 59.5 Å². The molecule has 0 unspecified atom stereocenters. The molecule has 4 rings (SSSR count). The third kappa shape index (κ3) is 6.07. The molecule has 1 saturated heterocycles. The first-order chi connectivity index (χ1) is 17.4. The van der Waals surface area contributed by atoms with Crippen molar-refractivity contribution in [1.29, 1.82) is 0 Å². The summed E-state index contributed by atoms with van der Waals surface area (Å²) in [4.78, 5) is 29.3. The maximum absolute atomic E-state index is 12.7. The number of thiocarbonyl (C=S) groups is 1. The van der Waals surface area contributed by atoms with Gasteiger partial charge >= 0.3 is 0 Å². The van der Waals surface area contributed by atoms with Crippen LogP contribution in [0, 0.1) is 0 Å². The lowest BCUT2D eigenvalue weighted by Crippen LogP contribution is -2.48. The van der Waals surface area contributed by atoms with E-state index < -0.39 is 5.91 Å². The van der Waals surface area contributed by atoms with E-state index in [4.69, 9.17) is 40.2 Å². The fourth-order valence-corrected chi connectivity index (χ4v) is 4.76. The summed E-state index contributed by atoms with van der Waals surface area (Å²) in [6.07, 6.45) is 0. The minimum atomic E-state index is -0.446. The minimum absolute atomic E-state index is 0.0598. The normalized spacial score (nSPS) is 13.2. The number of nitrogens with zero attached hydrogens (tertiary/aromatic N) is 2. The van der Waals surface area contributed by atoms with E-state index in [1.54, 1.807) is 0 Å². The molecule has 1 heterocycles. The molecule has 2 N–H and O–H groups in total. The van der Waals surface area contributed by atoms with E-state index in [-0.39, 0.29) is 26.6 Å². The highest BCUT2D eigenvalue weighted by atomic mass is 35.5. The van der Waals surface area contributed by atoms with Crippen molar-refractivity contribution >= 4 is 63.7 Å². The van der Waals surface area contributed by atoms with Crippen LogP contribution in [-0.2, 0) is 0 Å². The number of rotatable bonds is 5. The van der Waals surface area contributed by atoms with Gasteiger partial charge in [-0.05, 0) is 60.7 Å². The first kappa shape index (κ1) is 25.8. The Kier molecular flexibility index (Phi) is 8.30. The maximum Gasteiger partial charge on any atom is 0.257 e. The Morgan fingerprint density at radius 3 is 2.08 bits per heavy atom. The van der Waals surface area contributed by atoms with Crippen molar-refractivity contribution in [2.45, 2.75) is 0 Å². The summed E-state index contributed by atoms with van der Waals surface area (Å²) in [6, 6.07) is 20.0. The number of benzene rings is 3. The van der Waals surface area contributed by atoms with Gasteiger partial charge in [0.2, 0.25) is 0 Å². The molecule has 0 aromatic heterocycles. The Hall–Kier alpha value is -3.33. The molecular weight excluding hydrogens is 519 g/mol. The molecule has 3 aromatic rings. The van der Waals surface area contributed by atoms with Gasteiger partial charge < -0.3 is 19.9 Å². The Balaban J connectivity index is 1.29. The standard InChI is InChI=1S/C26H24Cl2N4O3S/c1-35-23-21(27)15-18(16-22(23)28)24(33)30-26(36)29-19-7-9-20(10-8-19)31-11-13-32(14-12-31)25(34)17-5-3-2-4-6-17/h2-10,15-16H,11-14H2,1H3,(H2,29,30,33,36). The second-order valence-corrected chi connectivity index (χ2v) is 9.30. The van der Waals surface area contributed by atoms with Crippen molar-refractivity contribution in [3.63, 3.8) is 0 Å². The van der Waals surface area contributed by atoms with Crippen LogP contribution in [0.1, 0.15) is 20.7 Å². The maximum atomic E-state index is 12.7. The van der Waals surface area contributed by atoms with Crippen molar-refractivity contribution in [3.8, 4) is 5.75 Å². The molecule has 0 bridgehead atoms. The van der Waals surface area contributed by atoms with Crippen molar-refractivity contribution in [2.75, 3.05) is 43.5 Å². The van der Waals surface area contributed by atoms with Gasteiger partial charge in [-0.2, -0.15) is 0 Å². The Labute approximate surface area is 224 Å². The molecule has 7 nitrogen and oxygen atoms in total. The second kappa shape index (κ2) is 11.6. The van der Waals surface area contributed by atoms with Crippen LogP contribution >= 0.6 is 35.4 Å². The van der Waals surface area contributed by atoms with E-state index in [2.05, 4.69) is 15.5 Å². The number of anilines is 2. The van der Waals surface area contributed by atoms with Crippen LogP contribution in [0.15, 0.2) is 66.7 Å². The predicted molar refractivity (Wildman–Crippen MR) is 148 cm³/mol. The molecule has 0 saturated carbocycles. The zero-order valence-electron chi connectivity index (χ0n) is 19.5. The van der Waals surface area contributed by atoms with E-state index in [0.29, 0.717) is 24.4 Å². The second-order valence-electron chi connectivity index (χ2n) is 8.07. The monoisotopic (exact) mass is 542 g/mol. The number of hydrogen-bond donors (Lipinski definition) is 2. The van der Waals surface area contributed by atoms with Crippen LogP contribution in [0.2, 0.25) is 10.0 Å². The third-order valence-corrected chi connectivity index (χ3v) is 6.54. The van der Waals surface area contributed by atoms with Crippen LogP contribution in [0.5, 0.6) is 5.75 Å². The molecule has 36 heavy (non-hydrogen) atoms. The van der Waals surface area contributed by atoms with E-state index >= 15 is 0 Å². The SMILES string of the molecule is COc1c(Cl)cc(C(=O)NC(=S)Nc2ccc(N3CCN(C(=O)c4ccccc4)CC3)cc2)cc1Cl. The van der Waals surface area contributed by atoms with Crippen LogP contribution < -0.4 is 20.3 Å². The van der Waals surface area contributed by atoms with Gasteiger partial charge in [0.05, 0.1) is 17.2 Å². The molecular formula is C26H24Cl2N4O3S. The Bertz CT molecular complexity index is 1240. The average Bonchev–Trinajstić information content (AvgIpc) is 2.89. The highest BCUT2D eigenvalue weighted by molar-refractivity contribution is 7.80. The Morgan fingerprint density at radius 2 is 1.50 bits per heavy atom. The van der Waals surface area contributed by atoms with Gasteiger partial charge in [-0.15, -0.1) is 0 Å². The topological polar surface area (TPSA) is 73.9 Å². The third-order valence-electron chi connectivity index (χ3n) is 5.77. The molecule has 1 aliphatic heterocycles. The van der Waals surface area contributed by atoms with Crippen molar-refractivity contribution in [1.82, 2.24) is 10.2 Å². The molecule has 2 amide bonds. The quantitative estimate of drug-likeness (QED) is 0.437. The number of amides is 2. The van der Waals surface area contributed by atoms with Crippen LogP contribution in [-0.4, -0.2) is 55.1 Å². The number of halogens is 2. The summed E-state index contributed by atoms with van der Waals surface area (Å²) in [6.45, 7) is 2.80. The molecule has 0 atom stereocenters. The lowest BCUT2D eigenvalue weighted by Gasteiger charge is -2.36. The first-order valence-corrected chi connectivity index (χ1v) is 12.4. The molecule has 0 radical (unpaired) electrons. The molecule has 1 fully saturated rings. The van der Waals surface area contributed by atoms with Crippen molar-refractivity contribution < 1.29 is 14.3 Å². The predicted octanol–water partition coefficient (Wildman–Crippen LogP) is 5.09. The van der Waals surface area contributed by atoms with Gasteiger partial charge in [-0.3, -0.25) is 14.9 Å². The number of methoxy groups -OCH3 is 1. The Morgan fingerprint density at radius 1 is 0.889 bits per heavy atom. The largest absolute Gasteiger partial charge is 0.494 e. The number of ether oxygens (including phenoxy) is 1. The lowest BCUT2D eigenvalue weighted by atomic mass is 10.1. The summed E-state index contributed by atoms with van der Waals surface area (Å²) in [5.41, 5.74) is 2.75. The fraction of sp³-hybridized carbons (Fsp3) is 0.192. The number of piperazine rings is 1. The highest BCUT2D eigenvalue weighted by Crippen LogP contribution is 2.33. The summed E-state index contributed by atoms with van der Waals surface area (Å²) >= 11 is 17.5. The van der Waals surface area contributed by atoms with Gasteiger partial charge in [0.1, 0.15) is 0 Å². The number of carbonyl (C=O) groups is 2. The zero-order chi connectivity index (χ0) is 25.7. The number of nitrogens with one attached hydrogen (secondary N) is 2. The molecule has 0 aliphatic carbocycles. The van der Waals surface area contributed by atoms with Crippen molar-refractivity contribution in [3.05, 3.63) is 87.9 Å². The first-order valence-electron chi connectivity index (χ1n) is 11.2. The number of carbonyl (C=O) groups excluding carboxylic acids is 2. The minimum Gasteiger partial charge on any atom is -0.494 e. The fourth-order valence-electron chi connectivity index (χ4n) is 3.91. The van der Waals surface area contributed by atoms with Gasteiger partial charge in [0.15, 0.2) is 10.9 Å². The van der Waals surface area contributed by atoms with Gasteiger partial charge in [0.25, 0.3) is 11.8 Å². The van der Waals surface area contributed by atoms with Gasteiger partial charge in [-0.25, -0.2) is 0 Å². The van der Waals surface area contributed by atoms with Crippen LogP contribution in [0.25, 0.3) is 0 Å². The van der Waals surface area contributed by atoms with Gasteiger partial charge in [0, 0.05) is 48.7 Å². The zero-order valence-corrected chi connectivity index (χ0v) is 21.8. The summed E-state index contributed by atoms with van der Waals surface area (Å²) in [5.74, 6) is -0.0806. The molecule has 3 aromatic carbocycles. The van der Waals surface area contributed by atoms with Gasteiger partial charge in [-0.1, -0.05) is 41.4 Å². The smallest absolute Gasteiger partial charge is 0.257 e. The van der Waals surface area contributed by atoms with Crippen LogP contribution in [0.3, 0.4) is 0 Å². The summed E-state index contributed by atoms with van der Waals surface area (Å²) in [5, 5.41) is 6.23. The molecule has 186 valence electrons. The summed E-state index contributed by atoms with van der Waals surface area (Å²) in [7, 11) is 1.45. The average molecular weight is 543 g/mol. The molecule has 1 aliphatic rings. The summed E-state index contributed by atoms with van der Waals surface area (Å²) < 4.78 is 5.10. The van der Waals surface area contributed by atoms with E-state index in [9.17, 15) is 9.59 Å². The molecule has 0 spiro atoms. The van der Waals surface area contributed by atoms with Crippen LogP contribution in [0.4, 0.5) is 11.4 Å². The lowest BCUT2D eigenvalue weighted by molar-refractivity contribution is 0.0746. The van der Waals surface area contributed by atoms with Crippen molar-refractivity contribution in [2.24, 2.45) is 0 Å².